The van der Waals surface area contributed by atoms with Gasteiger partial charge < -0.3 is 14.0 Å². The molecule has 9 nitrogen and oxygen atoms in total. The predicted molar refractivity (Wildman–Crippen MR) is 261 cm³/mol. The molecule has 18 heteroatoms. The molecule has 376 valence electrons. The molecule has 0 saturated heterocycles. The Morgan fingerprint density at radius 1 is 0.419 bits per heavy atom. The normalized spacial score (nSPS) is 11.6. The second-order valence-corrected chi connectivity index (χ2v) is 19.6. The van der Waals surface area contributed by atoms with Crippen molar-refractivity contribution in [1.82, 2.24) is 0 Å². The summed E-state index contributed by atoms with van der Waals surface area (Å²) in [6.07, 6.45) is 0. The third-order valence-corrected chi connectivity index (χ3v) is 14.3. The van der Waals surface area contributed by atoms with Crippen LogP contribution in [0.4, 0.5) is 26.3 Å². The summed E-state index contributed by atoms with van der Waals surface area (Å²) in [7, 11) is -11.4. The summed E-state index contributed by atoms with van der Waals surface area (Å²) in [4.78, 5) is 23.5. The van der Waals surface area contributed by atoms with E-state index < -0.39 is 66.2 Å². The first-order chi connectivity index (χ1) is 34.8. The van der Waals surface area contributed by atoms with Crippen molar-refractivity contribution < 1.29 is 96.4 Å². The van der Waals surface area contributed by atoms with E-state index in [-0.39, 0.29) is 69.1 Å². The van der Waals surface area contributed by atoms with Crippen molar-refractivity contribution in [3.8, 4) is 0 Å². The van der Waals surface area contributed by atoms with Gasteiger partial charge in [0.05, 0.1) is 11.1 Å². The minimum Gasteiger partial charge on any atom is -0.743 e. The molecule has 0 saturated carbocycles. The van der Waals surface area contributed by atoms with Crippen LogP contribution >= 0.6 is 0 Å². The van der Waals surface area contributed by atoms with Crippen LogP contribution in [-0.4, -0.2) is 57.0 Å². The zero-order chi connectivity index (χ0) is 52.7. The molecular formula is C56H43F6NaO9S2. The number of hydrogen-bond donors (Lipinski definition) is 0. The third kappa shape index (κ3) is 14.0. The van der Waals surface area contributed by atoms with Gasteiger partial charge in [-0.05, 0) is 81.9 Å². The van der Waals surface area contributed by atoms with Crippen molar-refractivity contribution in [3.05, 3.63) is 287 Å². The first-order valence-electron chi connectivity index (χ1n) is 21.9. The molecule has 74 heavy (non-hydrogen) atoms. The molecular weight excluding hydrogens is 1020 g/mol. The van der Waals surface area contributed by atoms with E-state index in [0.717, 1.165) is 17.7 Å². The van der Waals surface area contributed by atoms with Crippen molar-refractivity contribution in [2.75, 3.05) is 13.2 Å². The molecule has 0 atom stereocenters. The minimum absolute atomic E-state index is 0. The van der Waals surface area contributed by atoms with Gasteiger partial charge in [0.15, 0.2) is 28.1 Å². The Kier molecular flexibility index (Phi) is 20.3. The van der Waals surface area contributed by atoms with E-state index in [4.69, 9.17) is 4.74 Å². The van der Waals surface area contributed by atoms with E-state index in [0.29, 0.717) is 0 Å². The molecule has 0 N–H and O–H groups in total. The number of alkyl halides is 4. The fourth-order valence-corrected chi connectivity index (χ4v) is 9.71. The Labute approximate surface area is 446 Å². The number of hydrogen-bond acceptors (Lipinski definition) is 9. The smallest absolute Gasteiger partial charge is 0.743 e. The zero-order valence-corrected chi connectivity index (χ0v) is 42.8. The molecule has 0 fully saturated rings. The van der Waals surface area contributed by atoms with Crippen molar-refractivity contribution in [2.45, 2.75) is 21.2 Å². The van der Waals surface area contributed by atoms with Crippen LogP contribution in [0.15, 0.2) is 231 Å². The average Bonchev–Trinajstić information content (AvgIpc) is 3.40. The number of rotatable bonds is 15. The Balaban J connectivity index is 0.000000225. The number of carbonyl (C=O) groups excluding carboxylic acids is 2. The SMILES string of the molecule is Fc1ccc(C(c2ccccc2)c2ccccc2)cc1.O=C(OCC(F)(F)S(=O)(=O)C(c1ccccc1)(c1ccccc1)c1ccc(F)cc1)c1ccccc1.O=C(OCC(F)(F)S(=O)(=O)[O-])c1ccccc1.[Na+]. The first-order valence-corrected chi connectivity index (χ1v) is 24.8. The third-order valence-electron chi connectivity index (χ3n) is 11.0. The monoisotopic (exact) mass is 1060 g/mol. The zero-order valence-electron chi connectivity index (χ0n) is 39.2. The number of ether oxygens (including phenoxy) is 2. The van der Waals surface area contributed by atoms with Gasteiger partial charge in [-0.15, -0.1) is 0 Å². The van der Waals surface area contributed by atoms with E-state index in [2.05, 4.69) is 29.0 Å². The van der Waals surface area contributed by atoms with E-state index >= 15 is 8.78 Å². The average molecular weight is 1060 g/mol. The maximum absolute atomic E-state index is 15.8. The maximum Gasteiger partial charge on any atom is 1.00 e. The van der Waals surface area contributed by atoms with E-state index in [9.17, 15) is 48.5 Å². The Morgan fingerprint density at radius 3 is 1.05 bits per heavy atom. The van der Waals surface area contributed by atoms with E-state index in [1.54, 1.807) is 24.3 Å². The van der Waals surface area contributed by atoms with Crippen molar-refractivity contribution in [2.24, 2.45) is 0 Å². The van der Waals surface area contributed by atoms with Gasteiger partial charge in [0.25, 0.3) is 0 Å². The molecule has 8 aromatic rings. The summed E-state index contributed by atoms with van der Waals surface area (Å²) >= 11 is 0. The Morgan fingerprint density at radius 2 is 0.703 bits per heavy atom. The first kappa shape index (κ1) is 58.0. The summed E-state index contributed by atoms with van der Waals surface area (Å²) in [5, 5.41) is -9.14. The van der Waals surface area contributed by atoms with Gasteiger partial charge in [-0.3, -0.25) is 0 Å². The van der Waals surface area contributed by atoms with Gasteiger partial charge in [-0.2, -0.15) is 17.6 Å². The molecule has 0 aliphatic rings. The van der Waals surface area contributed by atoms with Gasteiger partial charge >= 0.3 is 52.0 Å². The van der Waals surface area contributed by atoms with Gasteiger partial charge in [0.1, 0.15) is 11.6 Å². The van der Waals surface area contributed by atoms with Gasteiger partial charge in [-0.1, -0.05) is 182 Å². The van der Waals surface area contributed by atoms with Crippen LogP contribution in [0.25, 0.3) is 0 Å². The van der Waals surface area contributed by atoms with Crippen molar-refractivity contribution in [3.63, 3.8) is 0 Å². The summed E-state index contributed by atoms with van der Waals surface area (Å²) in [6, 6.07) is 61.3. The number of carbonyl (C=O) groups is 2. The fourth-order valence-electron chi connectivity index (χ4n) is 7.51. The summed E-state index contributed by atoms with van der Waals surface area (Å²) in [5.74, 6) is -2.94. The van der Waals surface area contributed by atoms with Gasteiger partial charge in [0, 0.05) is 5.92 Å². The summed E-state index contributed by atoms with van der Waals surface area (Å²) in [6.45, 7) is -3.50. The molecule has 0 unspecified atom stereocenters. The molecule has 0 heterocycles. The van der Waals surface area contributed by atoms with Gasteiger partial charge in [-0.25, -0.2) is 35.2 Å². The Hall–Kier alpha value is -6.86. The van der Waals surface area contributed by atoms with Gasteiger partial charge in [0.2, 0.25) is 9.84 Å². The molecule has 8 rings (SSSR count). The van der Waals surface area contributed by atoms with Crippen molar-refractivity contribution >= 4 is 31.9 Å². The van der Waals surface area contributed by atoms with Crippen LogP contribution in [0.2, 0.25) is 0 Å². The topological polar surface area (TPSA) is 144 Å². The Bertz CT molecular complexity index is 3180. The van der Waals surface area contributed by atoms with Crippen LogP contribution in [0.3, 0.4) is 0 Å². The van der Waals surface area contributed by atoms with E-state index in [1.165, 1.54) is 132 Å². The fraction of sp³-hybridized carbons (Fsp3) is 0.107. The second kappa shape index (κ2) is 25.9. The van der Waals surface area contributed by atoms with Crippen LogP contribution < -0.4 is 29.6 Å². The summed E-state index contributed by atoms with van der Waals surface area (Å²) < 4.78 is 149. The largest absolute Gasteiger partial charge is 1.00 e. The van der Waals surface area contributed by atoms with Crippen molar-refractivity contribution in [1.29, 1.82) is 0 Å². The second-order valence-electron chi connectivity index (χ2n) is 15.8. The number of benzene rings is 8. The quantitative estimate of drug-likeness (QED) is 0.0323. The molecule has 8 aromatic carbocycles. The number of sulfone groups is 1. The molecule has 0 aliphatic heterocycles. The standard InChI is InChI=1S/C28H21F3O4S.C19H15F.C9H8F2O5S.Na/c29-25-18-16-24(17-19-25)28(22-12-6-2-7-13-22,23-14-8-3-9-15-23)36(33,34)27(30,31)20-35-26(32)21-10-4-1-5-11-21;20-18-13-11-17(12-14-18)19(15-7-3-1-4-8-15)16-9-5-2-6-10-16;10-9(11,17(13,14)15)6-16-8(12)7-4-2-1-3-5-7;/h1-19H,20H2;1-14,19H;1-5H,6H2,(H,13,14,15);/q;;;+1/p-1. The summed E-state index contributed by atoms with van der Waals surface area (Å²) in [5.41, 5.74) is 3.47. The molecule has 0 aromatic heterocycles. The van der Waals surface area contributed by atoms with Crippen LogP contribution in [0.5, 0.6) is 0 Å². The number of esters is 2. The number of halogens is 6. The van der Waals surface area contributed by atoms with E-state index in [1.807, 2.05) is 48.5 Å². The minimum atomic E-state index is -5.84. The van der Waals surface area contributed by atoms with Crippen LogP contribution in [0, 0.1) is 11.6 Å². The molecule has 0 spiro atoms. The maximum atomic E-state index is 15.8. The molecule has 0 radical (unpaired) electrons. The molecule has 0 bridgehead atoms. The van der Waals surface area contributed by atoms with Crippen LogP contribution in [-0.2, 0) is 34.2 Å². The predicted octanol–water partition coefficient (Wildman–Crippen LogP) is 8.97. The van der Waals surface area contributed by atoms with Crippen LogP contribution in [0.1, 0.15) is 60.0 Å². The molecule has 0 amide bonds. The molecule has 0 aliphatic carbocycles.